The average molecular weight is 442 g/mol. The number of aromatic nitrogens is 3. The number of hydrogen-bond donors (Lipinski definition) is 1. The number of carbonyl (C=O) groups is 1. The third-order valence-corrected chi connectivity index (χ3v) is 4.89. The molecule has 3 aromatic rings. The Morgan fingerprint density at radius 1 is 1.27 bits per heavy atom. The second-order valence-corrected chi connectivity index (χ2v) is 7.26. The minimum Gasteiger partial charge on any atom is -0.493 e. The number of aryl methyl sites for hydroxylation is 2. The SMILES string of the molecule is Cc1cc(OCCCC(=O)O)cc2c1nc(C)n2Cc1ncc(C(F)(F)F)cc1Cl. The number of imidazole rings is 1. The van der Waals surface area contributed by atoms with Crippen molar-refractivity contribution in [1.82, 2.24) is 14.5 Å². The number of halogens is 4. The Hall–Kier alpha value is -2.81. The van der Waals surface area contributed by atoms with Crippen molar-refractivity contribution in [3.63, 3.8) is 0 Å². The van der Waals surface area contributed by atoms with Gasteiger partial charge in [-0.05, 0) is 38.0 Å². The molecule has 1 N–H and O–H groups in total. The van der Waals surface area contributed by atoms with Gasteiger partial charge in [0.15, 0.2) is 0 Å². The molecule has 0 amide bonds. The van der Waals surface area contributed by atoms with Crippen LogP contribution in [0.15, 0.2) is 24.4 Å². The van der Waals surface area contributed by atoms with E-state index in [2.05, 4.69) is 9.97 Å². The van der Waals surface area contributed by atoms with E-state index in [1.807, 2.05) is 13.0 Å². The summed E-state index contributed by atoms with van der Waals surface area (Å²) in [5.41, 5.74) is 1.69. The molecule has 0 aliphatic carbocycles. The van der Waals surface area contributed by atoms with Crippen molar-refractivity contribution >= 4 is 28.6 Å². The van der Waals surface area contributed by atoms with E-state index in [-0.39, 0.29) is 30.3 Å². The molecule has 0 bridgehead atoms. The Morgan fingerprint density at radius 3 is 2.63 bits per heavy atom. The van der Waals surface area contributed by atoms with E-state index >= 15 is 0 Å². The zero-order chi connectivity index (χ0) is 22.1. The van der Waals surface area contributed by atoms with Crippen LogP contribution >= 0.6 is 11.6 Å². The summed E-state index contributed by atoms with van der Waals surface area (Å²) in [6.45, 7) is 4.04. The lowest BCUT2D eigenvalue weighted by Gasteiger charge is -2.12. The highest BCUT2D eigenvalue weighted by Gasteiger charge is 2.31. The topological polar surface area (TPSA) is 77.2 Å². The van der Waals surface area contributed by atoms with Crippen LogP contribution in [0.5, 0.6) is 5.75 Å². The van der Waals surface area contributed by atoms with Gasteiger partial charge in [-0.25, -0.2) is 4.98 Å². The highest BCUT2D eigenvalue weighted by molar-refractivity contribution is 6.31. The van der Waals surface area contributed by atoms with Gasteiger partial charge in [0.25, 0.3) is 0 Å². The van der Waals surface area contributed by atoms with Crippen LogP contribution in [0.3, 0.4) is 0 Å². The van der Waals surface area contributed by atoms with Gasteiger partial charge in [0, 0.05) is 18.7 Å². The summed E-state index contributed by atoms with van der Waals surface area (Å²) >= 11 is 6.06. The first-order chi connectivity index (χ1) is 14.1. The number of aliphatic carboxylic acids is 1. The van der Waals surface area contributed by atoms with Crippen LogP contribution in [0.25, 0.3) is 11.0 Å². The second-order valence-electron chi connectivity index (χ2n) is 6.85. The highest BCUT2D eigenvalue weighted by atomic mass is 35.5. The molecule has 2 heterocycles. The molecule has 0 radical (unpaired) electrons. The number of alkyl halides is 3. The molecule has 0 aliphatic heterocycles. The van der Waals surface area contributed by atoms with Crippen LogP contribution in [0.4, 0.5) is 13.2 Å². The van der Waals surface area contributed by atoms with Crippen molar-refractivity contribution < 1.29 is 27.8 Å². The first-order valence-corrected chi connectivity index (χ1v) is 9.47. The smallest absolute Gasteiger partial charge is 0.417 e. The van der Waals surface area contributed by atoms with Gasteiger partial charge in [0.1, 0.15) is 11.6 Å². The molecule has 0 atom stereocenters. The zero-order valence-electron chi connectivity index (χ0n) is 16.3. The summed E-state index contributed by atoms with van der Waals surface area (Å²) in [6, 6.07) is 4.44. The van der Waals surface area contributed by atoms with Gasteiger partial charge in [0.2, 0.25) is 0 Å². The Kier molecular flexibility index (Phi) is 6.21. The molecule has 0 unspecified atom stereocenters. The maximum atomic E-state index is 12.8. The van der Waals surface area contributed by atoms with Crippen molar-refractivity contribution in [3.8, 4) is 5.75 Å². The molecule has 0 saturated heterocycles. The van der Waals surface area contributed by atoms with Gasteiger partial charge in [-0.2, -0.15) is 13.2 Å². The monoisotopic (exact) mass is 441 g/mol. The lowest BCUT2D eigenvalue weighted by atomic mass is 10.2. The number of ether oxygens (including phenoxy) is 1. The van der Waals surface area contributed by atoms with Gasteiger partial charge in [-0.1, -0.05) is 11.6 Å². The van der Waals surface area contributed by atoms with Crippen LogP contribution in [0.1, 0.15) is 35.5 Å². The quantitative estimate of drug-likeness (QED) is 0.521. The van der Waals surface area contributed by atoms with Crippen molar-refractivity contribution in [2.75, 3.05) is 6.61 Å². The van der Waals surface area contributed by atoms with Crippen molar-refractivity contribution in [3.05, 3.63) is 52.1 Å². The minimum atomic E-state index is -4.52. The molecule has 3 rings (SSSR count). The number of carboxylic acid groups (broad SMARTS) is 1. The first kappa shape index (κ1) is 21.9. The molecular weight excluding hydrogens is 423 g/mol. The van der Waals surface area contributed by atoms with Crippen molar-refractivity contribution in [2.45, 2.75) is 39.4 Å². The summed E-state index contributed by atoms with van der Waals surface area (Å²) in [4.78, 5) is 19.1. The molecule has 10 heteroatoms. The largest absolute Gasteiger partial charge is 0.493 e. The molecule has 0 saturated carbocycles. The fraction of sp³-hybridized carbons (Fsp3) is 0.350. The second kappa shape index (κ2) is 8.51. The normalized spacial score (nSPS) is 11.8. The van der Waals surface area contributed by atoms with E-state index in [1.165, 1.54) is 0 Å². The molecule has 1 aromatic carbocycles. The molecular formula is C20H19ClF3N3O3. The molecule has 0 spiro atoms. The van der Waals surface area contributed by atoms with Gasteiger partial charge in [-0.15, -0.1) is 0 Å². The lowest BCUT2D eigenvalue weighted by Crippen LogP contribution is -2.09. The van der Waals surface area contributed by atoms with E-state index in [4.69, 9.17) is 21.4 Å². The lowest BCUT2D eigenvalue weighted by molar-refractivity contribution is -0.138. The first-order valence-electron chi connectivity index (χ1n) is 9.10. The maximum absolute atomic E-state index is 12.8. The molecule has 2 aromatic heterocycles. The Labute approximate surface area is 175 Å². The van der Waals surface area contributed by atoms with Crippen LogP contribution in [-0.4, -0.2) is 32.2 Å². The van der Waals surface area contributed by atoms with Crippen LogP contribution in [-0.2, 0) is 17.5 Å². The standard InChI is InChI=1S/C20H19ClF3N3O3/c1-11-6-14(30-5-3-4-18(28)29)8-17-19(11)26-12(2)27(17)10-16-15(21)7-13(9-25-16)20(22,23)24/h6-9H,3-5,10H2,1-2H3,(H,28,29). The summed E-state index contributed by atoms with van der Waals surface area (Å²) in [6.07, 6.45) is -3.37. The number of nitrogens with zero attached hydrogens (tertiary/aromatic N) is 3. The number of rotatable bonds is 7. The van der Waals surface area contributed by atoms with E-state index < -0.39 is 17.7 Å². The predicted molar refractivity (Wildman–Crippen MR) is 105 cm³/mol. The van der Waals surface area contributed by atoms with E-state index in [9.17, 15) is 18.0 Å². The number of carboxylic acids is 1. The fourth-order valence-electron chi connectivity index (χ4n) is 3.06. The molecule has 0 aliphatic rings. The summed E-state index contributed by atoms with van der Waals surface area (Å²) < 4.78 is 46.0. The number of pyridine rings is 1. The van der Waals surface area contributed by atoms with Gasteiger partial charge < -0.3 is 14.4 Å². The number of hydrogen-bond acceptors (Lipinski definition) is 4. The third kappa shape index (κ3) is 4.84. The highest BCUT2D eigenvalue weighted by Crippen LogP contribution is 2.32. The van der Waals surface area contributed by atoms with E-state index in [0.29, 0.717) is 18.0 Å². The summed E-state index contributed by atoms with van der Waals surface area (Å²) in [7, 11) is 0. The third-order valence-electron chi connectivity index (χ3n) is 4.57. The van der Waals surface area contributed by atoms with E-state index in [1.54, 1.807) is 17.6 Å². The average Bonchev–Trinajstić information content (AvgIpc) is 2.96. The molecule has 6 nitrogen and oxygen atoms in total. The van der Waals surface area contributed by atoms with Crippen LogP contribution in [0.2, 0.25) is 5.02 Å². The van der Waals surface area contributed by atoms with Crippen LogP contribution < -0.4 is 4.74 Å². The number of benzene rings is 1. The zero-order valence-corrected chi connectivity index (χ0v) is 17.0. The Balaban J connectivity index is 1.90. The number of fused-ring (bicyclic) bond motifs is 1. The summed E-state index contributed by atoms with van der Waals surface area (Å²) in [5.74, 6) is 0.312. The Bertz CT molecular complexity index is 1100. The fourth-order valence-corrected chi connectivity index (χ4v) is 3.29. The van der Waals surface area contributed by atoms with Gasteiger partial charge in [0.05, 0.1) is 40.5 Å². The van der Waals surface area contributed by atoms with Crippen molar-refractivity contribution in [1.29, 1.82) is 0 Å². The van der Waals surface area contributed by atoms with Crippen molar-refractivity contribution in [2.24, 2.45) is 0 Å². The van der Waals surface area contributed by atoms with Crippen LogP contribution in [0, 0.1) is 13.8 Å². The summed E-state index contributed by atoms with van der Waals surface area (Å²) in [5, 5.41) is 8.63. The molecule has 30 heavy (non-hydrogen) atoms. The maximum Gasteiger partial charge on any atom is 0.417 e. The molecule has 160 valence electrons. The predicted octanol–water partition coefficient (Wildman–Crippen LogP) is 5.01. The minimum absolute atomic E-state index is 0.0103. The Morgan fingerprint density at radius 2 is 2.00 bits per heavy atom. The van der Waals surface area contributed by atoms with Gasteiger partial charge >= 0.3 is 12.1 Å². The molecule has 0 fully saturated rings. The van der Waals surface area contributed by atoms with E-state index in [0.717, 1.165) is 28.9 Å². The van der Waals surface area contributed by atoms with Gasteiger partial charge in [-0.3, -0.25) is 9.78 Å².